The SMILES string of the molecule is CS(=O)(=O)c1ccc(NCCn2cccn2)c(N)c1. The lowest BCUT2D eigenvalue weighted by atomic mass is 10.2. The third-order valence-corrected chi connectivity index (χ3v) is 3.78. The second kappa shape index (κ2) is 5.31. The molecule has 0 saturated heterocycles. The summed E-state index contributed by atoms with van der Waals surface area (Å²) < 4.78 is 24.6. The molecule has 6 nitrogen and oxygen atoms in total. The van der Waals surface area contributed by atoms with E-state index < -0.39 is 9.84 Å². The summed E-state index contributed by atoms with van der Waals surface area (Å²) in [6.45, 7) is 1.37. The van der Waals surface area contributed by atoms with E-state index in [9.17, 15) is 8.42 Å². The molecular weight excluding hydrogens is 264 g/mol. The molecule has 1 aromatic carbocycles. The Hall–Kier alpha value is -2.02. The Bertz CT molecular complexity index is 650. The van der Waals surface area contributed by atoms with Crippen molar-refractivity contribution in [1.82, 2.24) is 9.78 Å². The lowest BCUT2D eigenvalue weighted by Gasteiger charge is -2.10. The normalized spacial score (nSPS) is 11.4. The van der Waals surface area contributed by atoms with Gasteiger partial charge in [0.2, 0.25) is 0 Å². The summed E-state index contributed by atoms with van der Waals surface area (Å²) in [7, 11) is -3.22. The third kappa shape index (κ3) is 3.47. The number of nitrogens with zero attached hydrogens (tertiary/aromatic N) is 2. The molecule has 1 heterocycles. The molecule has 0 bridgehead atoms. The zero-order valence-corrected chi connectivity index (χ0v) is 11.4. The average Bonchev–Trinajstić information content (AvgIpc) is 2.83. The van der Waals surface area contributed by atoms with Crippen LogP contribution >= 0.6 is 0 Å². The first-order chi connectivity index (χ1) is 8.97. The zero-order chi connectivity index (χ0) is 13.9. The van der Waals surface area contributed by atoms with Gasteiger partial charge in [0.1, 0.15) is 0 Å². The number of aromatic nitrogens is 2. The molecule has 7 heteroatoms. The molecule has 2 rings (SSSR count). The van der Waals surface area contributed by atoms with Gasteiger partial charge in [-0.05, 0) is 24.3 Å². The Morgan fingerprint density at radius 2 is 2.21 bits per heavy atom. The monoisotopic (exact) mass is 280 g/mol. The molecule has 0 aliphatic rings. The smallest absolute Gasteiger partial charge is 0.175 e. The third-order valence-electron chi connectivity index (χ3n) is 2.67. The maximum atomic E-state index is 11.4. The second-order valence-corrected chi connectivity index (χ2v) is 6.23. The van der Waals surface area contributed by atoms with Crippen molar-refractivity contribution in [1.29, 1.82) is 0 Å². The van der Waals surface area contributed by atoms with Gasteiger partial charge in [-0.25, -0.2) is 8.42 Å². The van der Waals surface area contributed by atoms with Gasteiger partial charge in [0.25, 0.3) is 0 Å². The van der Waals surface area contributed by atoms with Crippen molar-refractivity contribution in [3.05, 3.63) is 36.7 Å². The summed E-state index contributed by atoms with van der Waals surface area (Å²) in [5.74, 6) is 0. The molecule has 1 aromatic heterocycles. The highest BCUT2D eigenvalue weighted by atomic mass is 32.2. The van der Waals surface area contributed by atoms with E-state index in [0.29, 0.717) is 18.8 Å². The Morgan fingerprint density at radius 3 is 2.79 bits per heavy atom. The minimum absolute atomic E-state index is 0.225. The van der Waals surface area contributed by atoms with Crippen LogP contribution in [0.1, 0.15) is 0 Å². The molecule has 2 aromatic rings. The number of hydrogen-bond acceptors (Lipinski definition) is 5. The van der Waals surface area contributed by atoms with Crippen LogP contribution in [0.5, 0.6) is 0 Å². The number of nitrogens with two attached hydrogens (primary N) is 1. The van der Waals surface area contributed by atoms with Crippen LogP contribution in [0.15, 0.2) is 41.6 Å². The van der Waals surface area contributed by atoms with Gasteiger partial charge < -0.3 is 11.1 Å². The molecule has 0 unspecified atom stereocenters. The predicted molar refractivity (Wildman–Crippen MR) is 74.7 cm³/mol. The quantitative estimate of drug-likeness (QED) is 0.797. The molecule has 0 spiro atoms. The van der Waals surface area contributed by atoms with Crippen LogP contribution in [0, 0.1) is 0 Å². The Morgan fingerprint density at radius 1 is 1.42 bits per heavy atom. The van der Waals surface area contributed by atoms with Crippen molar-refractivity contribution in [3.63, 3.8) is 0 Å². The van der Waals surface area contributed by atoms with Gasteiger partial charge in [-0.15, -0.1) is 0 Å². The minimum atomic E-state index is -3.22. The predicted octanol–water partition coefficient (Wildman–Crippen LogP) is 0.981. The van der Waals surface area contributed by atoms with Crippen molar-refractivity contribution >= 4 is 21.2 Å². The summed E-state index contributed by atoms with van der Waals surface area (Å²) in [6, 6.07) is 6.54. The van der Waals surface area contributed by atoms with Gasteiger partial charge in [0.05, 0.1) is 22.8 Å². The first-order valence-corrected chi connectivity index (χ1v) is 7.67. The number of benzene rings is 1. The fraction of sp³-hybridized carbons (Fsp3) is 0.250. The van der Waals surface area contributed by atoms with Crippen LogP contribution in [0.4, 0.5) is 11.4 Å². The van der Waals surface area contributed by atoms with Gasteiger partial charge in [0.15, 0.2) is 9.84 Å². The van der Waals surface area contributed by atoms with Gasteiger partial charge in [-0.3, -0.25) is 4.68 Å². The molecule has 19 heavy (non-hydrogen) atoms. The average molecular weight is 280 g/mol. The van der Waals surface area contributed by atoms with Crippen molar-refractivity contribution in [3.8, 4) is 0 Å². The number of hydrogen-bond donors (Lipinski definition) is 2. The second-order valence-electron chi connectivity index (χ2n) is 4.22. The van der Waals surface area contributed by atoms with E-state index >= 15 is 0 Å². The number of nitrogen functional groups attached to an aromatic ring is 1. The van der Waals surface area contributed by atoms with Crippen LogP contribution < -0.4 is 11.1 Å². The van der Waals surface area contributed by atoms with Gasteiger partial charge in [-0.2, -0.15) is 5.10 Å². The van der Waals surface area contributed by atoms with Crippen LogP contribution in [-0.2, 0) is 16.4 Å². The summed E-state index contributed by atoms with van der Waals surface area (Å²) in [5.41, 5.74) is 6.97. The number of nitrogens with one attached hydrogen (secondary N) is 1. The highest BCUT2D eigenvalue weighted by Crippen LogP contribution is 2.22. The van der Waals surface area contributed by atoms with Crippen LogP contribution in [0.2, 0.25) is 0 Å². The van der Waals surface area contributed by atoms with Crippen molar-refractivity contribution in [2.45, 2.75) is 11.4 Å². The number of sulfone groups is 1. The lowest BCUT2D eigenvalue weighted by Crippen LogP contribution is -2.12. The summed E-state index contributed by atoms with van der Waals surface area (Å²) in [6.07, 6.45) is 4.75. The molecule has 0 atom stereocenters. The van der Waals surface area contributed by atoms with Crippen LogP contribution in [0.3, 0.4) is 0 Å². The zero-order valence-electron chi connectivity index (χ0n) is 10.6. The van der Waals surface area contributed by atoms with Crippen molar-refractivity contribution in [2.75, 3.05) is 23.9 Å². The first-order valence-electron chi connectivity index (χ1n) is 5.78. The highest BCUT2D eigenvalue weighted by molar-refractivity contribution is 7.90. The molecule has 0 fully saturated rings. The maximum absolute atomic E-state index is 11.4. The Labute approximate surface area is 112 Å². The van der Waals surface area contributed by atoms with E-state index in [0.717, 1.165) is 11.9 Å². The molecule has 0 saturated carbocycles. The molecule has 0 aliphatic carbocycles. The highest BCUT2D eigenvalue weighted by Gasteiger charge is 2.09. The molecule has 0 amide bonds. The number of rotatable bonds is 5. The molecule has 0 aliphatic heterocycles. The maximum Gasteiger partial charge on any atom is 0.175 e. The topological polar surface area (TPSA) is 90.0 Å². The van der Waals surface area contributed by atoms with E-state index in [4.69, 9.17) is 5.73 Å². The molecule has 0 radical (unpaired) electrons. The van der Waals surface area contributed by atoms with Gasteiger partial charge >= 0.3 is 0 Å². The van der Waals surface area contributed by atoms with Crippen molar-refractivity contribution < 1.29 is 8.42 Å². The van der Waals surface area contributed by atoms with Crippen LogP contribution in [-0.4, -0.2) is 31.0 Å². The van der Waals surface area contributed by atoms with Gasteiger partial charge in [0, 0.05) is 25.2 Å². The van der Waals surface area contributed by atoms with E-state index in [1.807, 2.05) is 12.3 Å². The first kappa shape index (κ1) is 13.4. The fourth-order valence-electron chi connectivity index (χ4n) is 1.67. The van der Waals surface area contributed by atoms with E-state index in [2.05, 4.69) is 10.4 Å². The summed E-state index contributed by atoms with van der Waals surface area (Å²) in [5, 5.41) is 7.23. The molecular formula is C12H16N4O2S. The lowest BCUT2D eigenvalue weighted by molar-refractivity contribution is 0.602. The Kier molecular flexibility index (Phi) is 3.75. The van der Waals surface area contributed by atoms with E-state index in [1.54, 1.807) is 23.0 Å². The summed E-state index contributed by atoms with van der Waals surface area (Å²) in [4.78, 5) is 0.225. The minimum Gasteiger partial charge on any atom is -0.397 e. The fourth-order valence-corrected chi connectivity index (χ4v) is 2.33. The summed E-state index contributed by atoms with van der Waals surface area (Å²) >= 11 is 0. The molecule has 3 N–H and O–H groups in total. The van der Waals surface area contributed by atoms with E-state index in [-0.39, 0.29) is 4.90 Å². The van der Waals surface area contributed by atoms with Crippen LogP contribution in [0.25, 0.3) is 0 Å². The molecule has 102 valence electrons. The standard InChI is InChI=1S/C12H16N4O2S/c1-19(17,18)10-3-4-12(11(13)9-10)14-6-8-16-7-2-5-15-16/h2-5,7,9,14H,6,8,13H2,1H3. The van der Waals surface area contributed by atoms with Crippen molar-refractivity contribution in [2.24, 2.45) is 0 Å². The van der Waals surface area contributed by atoms with Gasteiger partial charge in [-0.1, -0.05) is 0 Å². The van der Waals surface area contributed by atoms with E-state index in [1.165, 1.54) is 6.07 Å². The Balaban J connectivity index is 2.01. The number of anilines is 2. The largest absolute Gasteiger partial charge is 0.397 e.